The molecule has 3 N–H and O–H groups in total. The van der Waals surface area contributed by atoms with Gasteiger partial charge in [-0.05, 0) is 42.5 Å². The molecule has 7 nitrogen and oxygen atoms in total. The predicted octanol–water partition coefficient (Wildman–Crippen LogP) is 3.78. The molecular weight excluding hydrogens is 476 g/mol. The Bertz CT molecular complexity index is 1080. The molecule has 184 valence electrons. The van der Waals surface area contributed by atoms with E-state index in [1.165, 1.54) is 4.90 Å². The number of carbonyl (C=O) groups excluding carboxylic acids is 1. The van der Waals surface area contributed by atoms with E-state index in [2.05, 4.69) is 0 Å². The molecule has 0 aromatic heterocycles. The van der Waals surface area contributed by atoms with Gasteiger partial charge in [0.05, 0.1) is 12.5 Å². The molecule has 0 saturated carbocycles. The summed E-state index contributed by atoms with van der Waals surface area (Å²) in [6, 6.07) is 13.7. The van der Waals surface area contributed by atoms with E-state index in [0.717, 1.165) is 16.7 Å². The van der Waals surface area contributed by atoms with Crippen LogP contribution in [0, 0.1) is 12.8 Å². The number of nitrogens with zero attached hydrogens (tertiary/aromatic N) is 1. The van der Waals surface area contributed by atoms with E-state index in [4.69, 9.17) is 17.3 Å². The van der Waals surface area contributed by atoms with Crippen LogP contribution in [0.4, 0.5) is 0 Å². The molecule has 1 heterocycles. The van der Waals surface area contributed by atoms with Gasteiger partial charge in [0.15, 0.2) is 0 Å². The van der Waals surface area contributed by atoms with Crippen molar-refractivity contribution in [1.29, 1.82) is 0 Å². The Hall–Kier alpha value is -2.26. The van der Waals surface area contributed by atoms with Crippen molar-refractivity contribution in [2.75, 3.05) is 5.75 Å². The topological polar surface area (TPSA) is 124 Å². The Morgan fingerprint density at radius 3 is 2.44 bits per heavy atom. The Balaban J connectivity index is 2.27. The number of amides is 1. The summed E-state index contributed by atoms with van der Waals surface area (Å²) in [7, 11) is 0. The number of hydrogen-bond acceptors (Lipinski definition) is 5. The fraction of sp³-hybridized carbons (Fsp3) is 0.440. The van der Waals surface area contributed by atoms with Gasteiger partial charge in [0.1, 0.15) is 5.54 Å². The molecule has 3 rings (SSSR count). The lowest BCUT2D eigenvalue weighted by Gasteiger charge is -2.52. The second-order valence-electron chi connectivity index (χ2n) is 9.44. The third kappa shape index (κ3) is 5.68. The zero-order chi connectivity index (χ0) is 25.2. The van der Waals surface area contributed by atoms with Crippen LogP contribution in [0.2, 0.25) is 5.02 Å². The molecule has 2 aromatic carbocycles. The average Bonchev–Trinajstić information content (AvgIpc) is 2.74. The van der Waals surface area contributed by atoms with Crippen molar-refractivity contribution in [1.82, 2.24) is 4.90 Å². The quantitative estimate of drug-likeness (QED) is 0.526. The summed E-state index contributed by atoms with van der Waals surface area (Å²) in [6.07, 6.45) is -0.482. The monoisotopic (exact) mass is 505 g/mol. The van der Waals surface area contributed by atoms with Gasteiger partial charge in [0.25, 0.3) is 0 Å². The number of halogens is 1. The summed E-state index contributed by atoms with van der Waals surface area (Å²) in [5.74, 6) is -2.64. The molecule has 5 unspecified atom stereocenters. The summed E-state index contributed by atoms with van der Waals surface area (Å²) in [4.78, 5) is 27.2. The Kier molecular flexibility index (Phi) is 8.18. The van der Waals surface area contributed by atoms with Crippen molar-refractivity contribution in [3.05, 3.63) is 70.2 Å². The van der Waals surface area contributed by atoms with E-state index in [0.29, 0.717) is 5.02 Å². The highest BCUT2D eigenvalue weighted by atomic mass is 35.5. The van der Waals surface area contributed by atoms with Gasteiger partial charge in [-0.2, -0.15) is 0 Å². The molecule has 1 amide bonds. The number of rotatable bonds is 8. The summed E-state index contributed by atoms with van der Waals surface area (Å²) < 4.78 is 23.6. The normalized spacial score (nSPS) is 24.8. The first-order valence-corrected chi connectivity index (χ1v) is 12.8. The highest BCUT2D eigenvalue weighted by molar-refractivity contribution is 7.79. The largest absolute Gasteiger partial charge is 0.772 e. The van der Waals surface area contributed by atoms with Crippen LogP contribution in [0.5, 0.6) is 0 Å². The van der Waals surface area contributed by atoms with E-state index in [1.54, 1.807) is 18.2 Å². The second kappa shape index (κ2) is 10.6. The van der Waals surface area contributed by atoms with Crippen molar-refractivity contribution in [3.8, 4) is 0 Å². The predicted molar refractivity (Wildman–Crippen MR) is 131 cm³/mol. The van der Waals surface area contributed by atoms with Gasteiger partial charge in [-0.3, -0.25) is 13.8 Å². The van der Waals surface area contributed by atoms with E-state index in [1.807, 2.05) is 51.1 Å². The molecule has 1 fully saturated rings. The third-order valence-electron chi connectivity index (χ3n) is 6.52. The lowest BCUT2D eigenvalue weighted by Crippen LogP contribution is -2.65. The van der Waals surface area contributed by atoms with Crippen molar-refractivity contribution >= 4 is 34.6 Å². The van der Waals surface area contributed by atoms with E-state index >= 15 is 0 Å². The van der Waals surface area contributed by atoms with Gasteiger partial charge in [-0.1, -0.05) is 78.5 Å². The van der Waals surface area contributed by atoms with Crippen LogP contribution in [-0.4, -0.2) is 48.0 Å². The average molecular weight is 506 g/mol. The Morgan fingerprint density at radius 1 is 1.26 bits per heavy atom. The van der Waals surface area contributed by atoms with E-state index in [-0.39, 0.29) is 18.1 Å². The molecule has 0 radical (unpaired) electrons. The van der Waals surface area contributed by atoms with Gasteiger partial charge in [0, 0.05) is 22.7 Å². The second-order valence-corrected chi connectivity index (χ2v) is 10.8. The number of aryl methyl sites for hydroxylation is 1. The molecule has 34 heavy (non-hydrogen) atoms. The molecule has 5 atom stereocenters. The summed E-state index contributed by atoms with van der Waals surface area (Å²) in [5, 5.41) is 10.1. The summed E-state index contributed by atoms with van der Waals surface area (Å²) >= 11 is 3.87. The molecule has 0 bridgehead atoms. The molecule has 2 aromatic rings. The zero-order valence-electron chi connectivity index (χ0n) is 19.4. The minimum atomic E-state index is -2.42. The first-order chi connectivity index (χ1) is 15.9. The number of piperidine rings is 1. The Labute approximate surface area is 207 Å². The van der Waals surface area contributed by atoms with Crippen molar-refractivity contribution in [2.45, 2.75) is 57.2 Å². The summed E-state index contributed by atoms with van der Waals surface area (Å²) in [6.45, 7) is 5.64. The molecular formula is C25H30ClN2O5S-. The first kappa shape index (κ1) is 26.3. The van der Waals surface area contributed by atoms with E-state index < -0.39 is 52.9 Å². The zero-order valence-corrected chi connectivity index (χ0v) is 21.0. The molecule has 0 spiro atoms. The van der Waals surface area contributed by atoms with Gasteiger partial charge in [-0.25, -0.2) is 0 Å². The number of carbonyl (C=O) groups is 2. The standard InChI is InChI=1S/C25H31ClN2O5S/c1-15(2)21(14-34(32)33)28-23(17-9-7-16(3)8-10-17)20(18-5-4-6-19(26)11-18)12-25(27,24(28)31)13-22(29)30/h4-11,15,20-21,23H,12-14,27H2,1-3H3,(H,29,30)(H,32,33)/p-1. The SMILES string of the molecule is Cc1ccc(C2C(c3cccc(Cl)c3)CC(N)(CC(=O)O)C(=O)N2C(CS(=O)[O-])C(C)C)cc1. The molecule has 0 aliphatic carbocycles. The van der Waals surface area contributed by atoms with Crippen LogP contribution in [0.15, 0.2) is 48.5 Å². The molecule has 1 saturated heterocycles. The number of likely N-dealkylation sites (tertiary alicyclic amines) is 1. The van der Waals surface area contributed by atoms with E-state index in [9.17, 15) is 23.5 Å². The third-order valence-corrected chi connectivity index (χ3v) is 7.37. The number of carboxylic acids is 1. The highest BCUT2D eigenvalue weighted by Gasteiger charge is 2.53. The Morgan fingerprint density at radius 2 is 1.91 bits per heavy atom. The minimum Gasteiger partial charge on any atom is -0.772 e. The maximum Gasteiger partial charge on any atom is 0.305 e. The van der Waals surface area contributed by atoms with Crippen LogP contribution in [-0.2, 0) is 20.7 Å². The van der Waals surface area contributed by atoms with Crippen LogP contribution < -0.4 is 5.73 Å². The molecule has 1 aliphatic heterocycles. The smallest absolute Gasteiger partial charge is 0.305 e. The lowest BCUT2D eigenvalue weighted by molar-refractivity contribution is -0.154. The maximum absolute atomic E-state index is 13.9. The number of hydrogen-bond donors (Lipinski definition) is 2. The lowest BCUT2D eigenvalue weighted by atomic mass is 9.70. The van der Waals surface area contributed by atoms with Crippen molar-refractivity contribution in [2.24, 2.45) is 11.7 Å². The fourth-order valence-electron chi connectivity index (χ4n) is 4.87. The van der Waals surface area contributed by atoms with Crippen molar-refractivity contribution < 1.29 is 23.5 Å². The minimum absolute atomic E-state index is 0.0821. The number of nitrogens with two attached hydrogens (primary N) is 1. The highest BCUT2D eigenvalue weighted by Crippen LogP contribution is 2.48. The number of aliphatic carboxylic acids is 1. The number of carboxylic acid groups (broad SMARTS) is 1. The summed E-state index contributed by atoms with van der Waals surface area (Å²) in [5.41, 5.74) is 7.51. The first-order valence-electron chi connectivity index (χ1n) is 11.1. The van der Waals surface area contributed by atoms with Crippen molar-refractivity contribution in [3.63, 3.8) is 0 Å². The van der Waals surface area contributed by atoms with Crippen LogP contribution in [0.1, 0.15) is 55.3 Å². The maximum atomic E-state index is 13.9. The molecule has 1 aliphatic rings. The van der Waals surface area contributed by atoms with Crippen LogP contribution in [0.25, 0.3) is 0 Å². The van der Waals surface area contributed by atoms with Gasteiger partial charge in [0.2, 0.25) is 5.91 Å². The fourth-order valence-corrected chi connectivity index (χ4v) is 5.89. The van der Waals surface area contributed by atoms with Gasteiger partial charge < -0.3 is 20.3 Å². The van der Waals surface area contributed by atoms with Crippen LogP contribution in [0.3, 0.4) is 0 Å². The number of benzene rings is 2. The van der Waals surface area contributed by atoms with Gasteiger partial charge >= 0.3 is 5.97 Å². The molecule has 9 heteroatoms. The van der Waals surface area contributed by atoms with Gasteiger partial charge in [-0.15, -0.1) is 0 Å². The van der Waals surface area contributed by atoms with Crippen LogP contribution >= 0.6 is 11.6 Å².